The number of carbonyl (C=O) groups excluding carboxylic acids is 1. The summed E-state index contributed by atoms with van der Waals surface area (Å²) in [5, 5.41) is 11.3. The Balaban J connectivity index is 0.000000145. The van der Waals surface area contributed by atoms with Crippen LogP contribution in [0.15, 0.2) is 24.3 Å². The lowest BCUT2D eigenvalue weighted by Gasteiger charge is -2.10. The second-order valence-electron chi connectivity index (χ2n) is 2.69. The van der Waals surface area contributed by atoms with Crippen LogP contribution in [-0.4, -0.2) is 17.6 Å². The summed E-state index contributed by atoms with van der Waals surface area (Å²) in [6.07, 6.45) is 0.736. The minimum Gasteiger partial charge on any atom is -0.508 e. The van der Waals surface area contributed by atoms with E-state index in [2.05, 4.69) is 5.32 Å². The number of hydrogen-bond acceptors (Lipinski definition) is 3. The molecule has 2 rings (SSSR count). The number of amides is 1. The van der Waals surface area contributed by atoms with Crippen LogP contribution in [0.3, 0.4) is 0 Å². The Bertz CT molecular complexity index is 255. The highest BCUT2D eigenvalue weighted by molar-refractivity contribution is 5.81. The second kappa shape index (κ2) is 4.35. The summed E-state index contributed by atoms with van der Waals surface area (Å²) in [4.78, 5) is 9.79. The zero-order chi connectivity index (χ0) is 9.68. The first-order chi connectivity index (χ1) is 6.18. The fourth-order valence-corrected chi connectivity index (χ4v) is 0.701. The first kappa shape index (κ1) is 9.38. The number of phenolic OH excluding ortho intramolecular Hbond substituents is 1. The van der Waals surface area contributed by atoms with Crippen LogP contribution < -0.4 is 11.1 Å². The van der Waals surface area contributed by atoms with Gasteiger partial charge in [-0.25, -0.2) is 0 Å². The standard InChI is InChI=1S/C6H7NO.C3H5NO/c7-5-1-3-6(8)4-2-5;5-3-1-2-4-3/h1-4,8H,7H2;1-2H2,(H,4,5). The summed E-state index contributed by atoms with van der Waals surface area (Å²) >= 11 is 0. The van der Waals surface area contributed by atoms with E-state index in [4.69, 9.17) is 10.8 Å². The lowest BCUT2D eigenvalue weighted by atomic mass is 10.3. The molecular formula is C9H12N2O2. The summed E-state index contributed by atoms with van der Waals surface area (Å²) in [7, 11) is 0. The van der Waals surface area contributed by atoms with Crippen molar-refractivity contribution < 1.29 is 9.90 Å². The van der Waals surface area contributed by atoms with E-state index < -0.39 is 0 Å². The van der Waals surface area contributed by atoms with Crippen LogP contribution >= 0.6 is 0 Å². The van der Waals surface area contributed by atoms with Crippen LogP contribution in [0, 0.1) is 0 Å². The van der Waals surface area contributed by atoms with Gasteiger partial charge in [0.05, 0.1) is 0 Å². The summed E-state index contributed by atoms with van der Waals surface area (Å²) in [6.45, 7) is 0.888. The quantitative estimate of drug-likeness (QED) is 0.309. The molecule has 1 aromatic carbocycles. The van der Waals surface area contributed by atoms with Gasteiger partial charge in [0.2, 0.25) is 5.91 Å². The van der Waals surface area contributed by atoms with Crippen molar-refractivity contribution in [3.05, 3.63) is 24.3 Å². The van der Waals surface area contributed by atoms with Crippen molar-refractivity contribution >= 4 is 11.6 Å². The highest BCUT2D eigenvalue weighted by atomic mass is 16.3. The van der Waals surface area contributed by atoms with Gasteiger partial charge in [-0.3, -0.25) is 4.79 Å². The maximum atomic E-state index is 9.79. The van der Waals surface area contributed by atoms with Crippen molar-refractivity contribution in [3.8, 4) is 5.75 Å². The first-order valence-corrected chi connectivity index (χ1v) is 3.99. The molecular weight excluding hydrogens is 168 g/mol. The smallest absolute Gasteiger partial charge is 0.221 e. The summed E-state index contributed by atoms with van der Waals surface area (Å²) in [6, 6.07) is 6.40. The van der Waals surface area contributed by atoms with E-state index in [1.54, 1.807) is 24.3 Å². The predicted octanol–water partition coefficient (Wildman–Crippen LogP) is 0.481. The van der Waals surface area contributed by atoms with Gasteiger partial charge < -0.3 is 16.2 Å². The fourth-order valence-electron chi connectivity index (χ4n) is 0.701. The number of aromatic hydroxyl groups is 1. The fraction of sp³-hybridized carbons (Fsp3) is 0.222. The van der Waals surface area contributed by atoms with Crippen molar-refractivity contribution in [3.63, 3.8) is 0 Å². The van der Waals surface area contributed by atoms with Crippen molar-refractivity contribution in [1.29, 1.82) is 0 Å². The molecule has 1 aromatic rings. The molecule has 0 bridgehead atoms. The van der Waals surface area contributed by atoms with Gasteiger partial charge in [0.1, 0.15) is 5.75 Å². The Labute approximate surface area is 76.4 Å². The summed E-state index contributed by atoms with van der Waals surface area (Å²) < 4.78 is 0. The van der Waals surface area contributed by atoms with Crippen LogP contribution in [-0.2, 0) is 4.79 Å². The molecule has 13 heavy (non-hydrogen) atoms. The Morgan fingerprint density at radius 3 is 2.00 bits per heavy atom. The van der Waals surface area contributed by atoms with E-state index in [1.807, 2.05) is 0 Å². The number of carbonyl (C=O) groups is 1. The van der Waals surface area contributed by atoms with Gasteiger partial charge in [0.15, 0.2) is 0 Å². The molecule has 0 aromatic heterocycles. The maximum Gasteiger partial charge on any atom is 0.221 e. The van der Waals surface area contributed by atoms with E-state index in [1.165, 1.54) is 0 Å². The summed E-state index contributed by atoms with van der Waals surface area (Å²) in [5.74, 6) is 0.434. The molecule has 0 radical (unpaired) electrons. The molecule has 0 aliphatic carbocycles. The number of nitrogens with one attached hydrogen (secondary N) is 1. The molecule has 0 saturated carbocycles. The van der Waals surface area contributed by atoms with Crippen LogP contribution in [0.2, 0.25) is 0 Å². The minimum atomic E-state index is 0.185. The number of β-lactam (4-membered cyclic amide) rings is 1. The lowest BCUT2D eigenvalue weighted by molar-refractivity contribution is -0.125. The second-order valence-corrected chi connectivity index (χ2v) is 2.69. The third-order valence-corrected chi connectivity index (χ3v) is 1.57. The van der Waals surface area contributed by atoms with Crippen LogP contribution in [0.1, 0.15) is 6.42 Å². The minimum absolute atomic E-state index is 0.185. The molecule has 1 aliphatic heterocycles. The number of phenols is 1. The molecule has 4 N–H and O–H groups in total. The Kier molecular flexibility index (Phi) is 3.14. The van der Waals surface area contributed by atoms with Gasteiger partial charge in [-0.05, 0) is 24.3 Å². The normalized spacial score (nSPS) is 13.4. The van der Waals surface area contributed by atoms with Crippen molar-refractivity contribution in [1.82, 2.24) is 5.32 Å². The lowest BCUT2D eigenvalue weighted by Crippen LogP contribution is -2.37. The van der Waals surface area contributed by atoms with Crippen molar-refractivity contribution in [2.45, 2.75) is 6.42 Å². The molecule has 0 atom stereocenters. The van der Waals surface area contributed by atoms with Crippen LogP contribution in [0.4, 0.5) is 5.69 Å². The van der Waals surface area contributed by atoms with Crippen LogP contribution in [0.5, 0.6) is 5.75 Å². The topological polar surface area (TPSA) is 75.3 Å². The molecule has 1 amide bonds. The van der Waals surface area contributed by atoms with Crippen LogP contribution in [0.25, 0.3) is 0 Å². The van der Waals surface area contributed by atoms with Gasteiger partial charge in [-0.1, -0.05) is 0 Å². The third kappa shape index (κ3) is 3.46. The number of hydrogen-bond donors (Lipinski definition) is 3. The van der Waals surface area contributed by atoms with Gasteiger partial charge in [0, 0.05) is 18.7 Å². The highest BCUT2D eigenvalue weighted by Gasteiger charge is 2.07. The SMILES string of the molecule is Nc1ccc(O)cc1.O=C1CCN1. The molecule has 1 fully saturated rings. The van der Waals surface area contributed by atoms with Gasteiger partial charge >= 0.3 is 0 Å². The molecule has 1 aliphatic rings. The molecule has 0 spiro atoms. The van der Waals surface area contributed by atoms with E-state index in [9.17, 15) is 4.79 Å². The van der Waals surface area contributed by atoms with E-state index >= 15 is 0 Å². The number of rotatable bonds is 0. The first-order valence-electron chi connectivity index (χ1n) is 3.99. The van der Waals surface area contributed by atoms with Gasteiger partial charge in [-0.15, -0.1) is 0 Å². The number of anilines is 1. The van der Waals surface area contributed by atoms with E-state index in [0.717, 1.165) is 13.0 Å². The largest absolute Gasteiger partial charge is 0.508 e. The Morgan fingerprint density at radius 2 is 1.77 bits per heavy atom. The number of nitrogens with two attached hydrogens (primary N) is 1. The molecule has 1 heterocycles. The number of benzene rings is 1. The van der Waals surface area contributed by atoms with Gasteiger partial charge in [0.25, 0.3) is 0 Å². The average molecular weight is 180 g/mol. The van der Waals surface area contributed by atoms with E-state index in [-0.39, 0.29) is 11.7 Å². The monoisotopic (exact) mass is 180 g/mol. The molecule has 4 heteroatoms. The number of nitrogen functional groups attached to an aromatic ring is 1. The van der Waals surface area contributed by atoms with Crippen molar-refractivity contribution in [2.24, 2.45) is 0 Å². The van der Waals surface area contributed by atoms with E-state index in [0.29, 0.717) is 5.69 Å². The predicted molar refractivity (Wildman–Crippen MR) is 50.1 cm³/mol. The molecule has 1 saturated heterocycles. The zero-order valence-corrected chi connectivity index (χ0v) is 7.16. The molecule has 4 nitrogen and oxygen atoms in total. The molecule has 0 unspecified atom stereocenters. The Morgan fingerprint density at radius 1 is 1.31 bits per heavy atom. The summed E-state index contributed by atoms with van der Waals surface area (Å²) in [5.41, 5.74) is 5.98. The Hall–Kier alpha value is -1.71. The zero-order valence-electron chi connectivity index (χ0n) is 7.16. The average Bonchev–Trinajstić information content (AvgIpc) is 2.08. The maximum absolute atomic E-state index is 9.79. The molecule has 70 valence electrons. The van der Waals surface area contributed by atoms with Crippen molar-refractivity contribution in [2.75, 3.05) is 12.3 Å². The highest BCUT2D eigenvalue weighted by Crippen LogP contribution is 2.09. The third-order valence-electron chi connectivity index (χ3n) is 1.57. The van der Waals surface area contributed by atoms with Gasteiger partial charge in [-0.2, -0.15) is 0 Å².